The second-order valence-corrected chi connectivity index (χ2v) is 5.87. The molecule has 0 saturated heterocycles. The van der Waals surface area contributed by atoms with Gasteiger partial charge in [-0.15, -0.1) is 11.3 Å². The predicted octanol–water partition coefficient (Wildman–Crippen LogP) is 4.59. The van der Waals surface area contributed by atoms with Crippen molar-refractivity contribution in [3.05, 3.63) is 43.3 Å². The van der Waals surface area contributed by atoms with E-state index in [1.165, 1.54) is 11.3 Å². The van der Waals surface area contributed by atoms with E-state index in [-0.39, 0.29) is 0 Å². The molecule has 3 nitrogen and oxygen atoms in total. The number of thiazole rings is 1. The first-order valence-electron chi connectivity index (χ1n) is 4.83. The number of hydrogen-bond donors (Lipinski definition) is 1. The summed E-state index contributed by atoms with van der Waals surface area (Å²) in [6.45, 7) is 0.524. The lowest BCUT2D eigenvalue weighted by Gasteiger charge is -2.09. The smallest absolute Gasteiger partial charge is 0.183 e. The molecule has 1 aromatic heterocycles. The average Bonchev–Trinajstić information content (AvgIpc) is 2.73. The van der Waals surface area contributed by atoms with E-state index in [2.05, 4.69) is 10.3 Å². The maximum absolute atomic E-state index is 8.78. The van der Waals surface area contributed by atoms with Gasteiger partial charge in [0.1, 0.15) is 0 Å². The van der Waals surface area contributed by atoms with Gasteiger partial charge in [0.2, 0.25) is 0 Å². The van der Waals surface area contributed by atoms with Crippen LogP contribution in [0.15, 0.2) is 18.3 Å². The Bertz CT molecular complexity index is 595. The Kier molecular flexibility index (Phi) is 4.31. The van der Waals surface area contributed by atoms with Crippen LogP contribution in [0.1, 0.15) is 10.4 Å². The molecule has 0 amide bonds. The first-order chi connectivity index (χ1) is 8.60. The topological polar surface area (TPSA) is 48.7 Å². The lowest BCUT2D eigenvalue weighted by atomic mass is 10.2. The van der Waals surface area contributed by atoms with Crippen LogP contribution in [0.5, 0.6) is 0 Å². The zero-order valence-corrected chi connectivity index (χ0v) is 12.0. The van der Waals surface area contributed by atoms with Gasteiger partial charge in [0.05, 0.1) is 33.9 Å². The Morgan fingerprint density at radius 1 is 1.28 bits per heavy atom. The molecule has 1 aromatic carbocycles. The molecule has 2 aromatic rings. The van der Waals surface area contributed by atoms with Crippen molar-refractivity contribution in [3.8, 4) is 6.07 Å². The van der Waals surface area contributed by atoms with E-state index in [1.54, 1.807) is 18.3 Å². The van der Waals surface area contributed by atoms with E-state index in [0.717, 1.165) is 4.88 Å². The SMILES string of the molecule is N#Cc1cc(Cl)c(NCc2cnc(Cl)s2)c(Cl)c1. The summed E-state index contributed by atoms with van der Waals surface area (Å²) < 4.78 is 0.490. The molecule has 7 heteroatoms. The summed E-state index contributed by atoms with van der Waals surface area (Å²) >= 11 is 19.2. The van der Waals surface area contributed by atoms with E-state index in [0.29, 0.717) is 32.3 Å². The normalized spacial score (nSPS) is 10.1. The number of nitriles is 1. The fourth-order valence-corrected chi connectivity index (χ4v) is 2.89. The molecule has 0 saturated carbocycles. The molecular formula is C11H6Cl3N3S. The highest BCUT2D eigenvalue weighted by Crippen LogP contribution is 2.32. The number of benzene rings is 1. The Morgan fingerprint density at radius 2 is 1.94 bits per heavy atom. The molecule has 2 rings (SSSR count). The Hall–Kier alpha value is -0.990. The van der Waals surface area contributed by atoms with Gasteiger partial charge in [-0.2, -0.15) is 5.26 Å². The van der Waals surface area contributed by atoms with Crippen LogP contribution in [0.2, 0.25) is 14.5 Å². The minimum Gasteiger partial charge on any atom is -0.378 e. The van der Waals surface area contributed by atoms with E-state index < -0.39 is 0 Å². The molecule has 92 valence electrons. The Morgan fingerprint density at radius 3 is 2.44 bits per heavy atom. The molecule has 0 aliphatic carbocycles. The van der Waals surface area contributed by atoms with Crippen LogP contribution in [0.25, 0.3) is 0 Å². The number of nitrogens with zero attached hydrogens (tertiary/aromatic N) is 2. The van der Waals surface area contributed by atoms with Crippen LogP contribution in [0.4, 0.5) is 5.69 Å². The quantitative estimate of drug-likeness (QED) is 0.900. The third kappa shape index (κ3) is 3.06. The van der Waals surface area contributed by atoms with Crippen LogP contribution in [0.3, 0.4) is 0 Å². The van der Waals surface area contributed by atoms with Crippen molar-refractivity contribution >= 4 is 51.8 Å². The van der Waals surface area contributed by atoms with Crippen LogP contribution < -0.4 is 5.32 Å². The number of halogens is 3. The van der Waals surface area contributed by atoms with Crippen LogP contribution in [-0.4, -0.2) is 4.98 Å². The first-order valence-corrected chi connectivity index (χ1v) is 6.78. The van der Waals surface area contributed by atoms with E-state index >= 15 is 0 Å². The molecule has 18 heavy (non-hydrogen) atoms. The predicted molar refractivity (Wildman–Crippen MR) is 75.6 cm³/mol. The summed E-state index contributed by atoms with van der Waals surface area (Å²) in [5.41, 5.74) is 1.03. The van der Waals surface area contributed by atoms with Crippen LogP contribution >= 0.6 is 46.1 Å². The van der Waals surface area contributed by atoms with Gasteiger partial charge < -0.3 is 5.32 Å². The molecule has 0 atom stereocenters. The number of aromatic nitrogens is 1. The summed E-state index contributed by atoms with van der Waals surface area (Å²) in [6.07, 6.45) is 1.69. The molecule has 1 N–H and O–H groups in total. The van der Waals surface area contributed by atoms with Crippen molar-refractivity contribution < 1.29 is 0 Å². The average molecular weight is 319 g/mol. The van der Waals surface area contributed by atoms with Crippen molar-refractivity contribution in [2.45, 2.75) is 6.54 Å². The maximum atomic E-state index is 8.78. The minimum absolute atomic E-state index is 0.412. The molecule has 0 spiro atoms. The van der Waals surface area contributed by atoms with Crippen LogP contribution in [0, 0.1) is 11.3 Å². The molecule has 0 unspecified atom stereocenters. The standard InChI is InChI=1S/C11H6Cl3N3S/c12-8-1-6(3-15)2-9(13)10(8)16-4-7-5-17-11(14)18-7/h1-2,5,16H,4H2. The van der Waals surface area contributed by atoms with Gasteiger partial charge in [-0.25, -0.2) is 4.98 Å². The summed E-state index contributed by atoms with van der Waals surface area (Å²) in [6, 6.07) is 5.12. The van der Waals surface area contributed by atoms with Gasteiger partial charge in [0.15, 0.2) is 4.47 Å². The monoisotopic (exact) mass is 317 g/mol. The highest BCUT2D eigenvalue weighted by molar-refractivity contribution is 7.15. The second-order valence-electron chi connectivity index (χ2n) is 3.36. The second kappa shape index (κ2) is 5.77. The zero-order chi connectivity index (χ0) is 13.1. The molecule has 0 fully saturated rings. The summed E-state index contributed by atoms with van der Waals surface area (Å²) in [7, 11) is 0. The third-order valence-electron chi connectivity index (χ3n) is 2.14. The van der Waals surface area contributed by atoms with E-state index in [9.17, 15) is 0 Å². The zero-order valence-electron chi connectivity index (χ0n) is 8.88. The Labute approximate surface area is 123 Å². The molecule has 0 bridgehead atoms. The summed E-state index contributed by atoms with van der Waals surface area (Å²) in [5.74, 6) is 0. The Balaban J connectivity index is 2.17. The van der Waals surface area contributed by atoms with Gasteiger partial charge in [-0.05, 0) is 12.1 Å². The van der Waals surface area contributed by atoms with Gasteiger partial charge in [-0.3, -0.25) is 0 Å². The molecule has 1 heterocycles. The number of hydrogen-bond acceptors (Lipinski definition) is 4. The molecular weight excluding hydrogens is 313 g/mol. The fourth-order valence-electron chi connectivity index (χ4n) is 1.35. The number of nitrogens with one attached hydrogen (secondary N) is 1. The van der Waals surface area contributed by atoms with Gasteiger partial charge in [0.25, 0.3) is 0 Å². The van der Waals surface area contributed by atoms with Crippen molar-refractivity contribution in [2.24, 2.45) is 0 Å². The van der Waals surface area contributed by atoms with Crippen molar-refractivity contribution in [1.29, 1.82) is 5.26 Å². The van der Waals surface area contributed by atoms with E-state index in [4.69, 9.17) is 40.1 Å². The lowest BCUT2D eigenvalue weighted by Crippen LogP contribution is -1.99. The highest BCUT2D eigenvalue weighted by atomic mass is 35.5. The molecule has 0 aliphatic heterocycles. The lowest BCUT2D eigenvalue weighted by molar-refractivity contribution is 1.17. The fraction of sp³-hybridized carbons (Fsp3) is 0.0909. The van der Waals surface area contributed by atoms with Crippen molar-refractivity contribution in [1.82, 2.24) is 4.98 Å². The third-order valence-corrected chi connectivity index (χ3v) is 3.85. The summed E-state index contributed by atoms with van der Waals surface area (Å²) in [4.78, 5) is 4.91. The largest absolute Gasteiger partial charge is 0.378 e. The number of rotatable bonds is 3. The van der Waals surface area contributed by atoms with Crippen molar-refractivity contribution in [2.75, 3.05) is 5.32 Å². The van der Waals surface area contributed by atoms with Gasteiger partial charge in [-0.1, -0.05) is 34.8 Å². The summed E-state index contributed by atoms with van der Waals surface area (Å²) in [5, 5.41) is 12.7. The van der Waals surface area contributed by atoms with Crippen molar-refractivity contribution in [3.63, 3.8) is 0 Å². The number of anilines is 1. The minimum atomic E-state index is 0.412. The molecule has 0 radical (unpaired) electrons. The molecule has 0 aliphatic rings. The first kappa shape index (κ1) is 13.4. The van der Waals surface area contributed by atoms with Gasteiger partial charge >= 0.3 is 0 Å². The van der Waals surface area contributed by atoms with E-state index in [1.807, 2.05) is 6.07 Å². The van der Waals surface area contributed by atoms with Gasteiger partial charge in [0, 0.05) is 11.1 Å². The maximum Gasteiger partial charge on any atom is 0.183 e. The van der Waals surface area contributed by atoms with Crippen LogP contribution in [-0.2, 0) is 6.54 Å². The highest BCUT2D eigenvalue weighted by Gasteiger charge is 2.09.